The number of aromatic nitrogens is 3. The maximum absolute atomic E-state index is 11.6. The van der Waals surface area contributed by atoms with E-state index in [1.54, 1.807) is 18.5 Å². The van der Waals surface area contributed by atoms with E-state index in [0.29, 0.717) is 0 Å². The fraction of sp³-hybridized carbons (Fsp3) is 0. The highest BCUT2D eigenvalue weighted by Crippen LogP contribution is 2.21. The number of aromatic amines is 1. The number of nitrogens with one attached hydrogen (secondary N) is 3. The van der Waals surface area contributed by atoms with Gasteiger partial charge in [-0.3, -0.25) is 15.6 Å². The van der Waals surface area contributed by atoms with Gasteiger partial charge in [0.15, 0.2) is 0 Å². The summed E-state index contributed by atoms with van der Waals surface area (Å²) < 4.78 is 0. The van der Waals surface area contributed by atoms with Crippen LogP contribution in [-0.2, 0) is 0 Å². The topological polar surface area (TPSA) is 82.7 Å². The summed E-state index contributed by atoms with van der Waals surface area (Å²) in [7, 11) is 0. The van der Waals surface area contributed by atoms with Gasteiger partial charge in [0.25, 0.3) is 5.91 Å². The zero-order valence-corrected chi connectivity index (χ0v) is 9.88. The first-order valence-corrected chi connectivity index (χ1v) is 5.30. The number of carbonyl (C=O) groups excluding carboxylic acids is 1. The van der Waals surface area contributed by atoms with Gasteiger partial charge in [0.05, 0.1) is 5.02 Å². The molecule has 0 unspecified atom stereocenters. The number of carbonyl (C=O) groups is 1. The van der Waals surface area contributed by atoms with Crippen molar-refractivity contribution in [1.29, 1.82) is 0 Å². The van der Waals surface area contributed by atoms with E-state index in [1.165, 1.54) is 6.07 Å². The first-order chi connectivity index (χ1) is 8.16. The summed E-state index contributed by atoms with van der Waals surface area (Å²) >= 11 is 11.4. The van der Waals surface area contributed by atoms with Crippen LogP contribution < -0.4 is 10.9 Å². The summed E-state index contributed by atoms with van der Waals surface area (Å²) in [4.78, 5) is 22.0. The van der Waals surface area contributed by atoms with E-state index in [1.807, 2.05) is 0 Å². The number of halogens is 2. The van der Waals surface area contributed by atoms with Crippen molar-refractivity contribution in [3.63, 3.8) is 0 Å². The van der Waals surface area contributed by atoms with Gasteiger partial charge in [0, 0.05) is 12.4 Å². The summed E-state index contributed by atoms with van der Waals surface area (Å²) in [5.74, 6) is -0.143. The van der Waals surface area contributed by atoms with Crippen molar-refractivity contribution in [2.45, 2.75) is 0 Å². The quantitative estimate of drug-likeness (QED) is 0.745. The third-order valence-corrected chi connectivity index (χ3v) is 2.52. The van der Waals surface area contributed by atoms with E-state index in [9.17, 15) is 4.79 Å². The molecule has 0 spiro atoms. The summed E-state index contributed by atoms with van der Waals surface area (Å²) in [5.41, 5.74) is 5.18. The molecule has 88 valence electrons. The molecule has 0 saturated carbocycles. The highest BCUT2D eigenvalue weighted by molar-refractivity contribution is 6.41. The number of hydrogen-bond acceptors (Lipinski definition) is 4. The Morgan fingerprint density at radius 3 is 2.59 bits per heavy atom. The molecule has 6 nitrogen and oxygen atoms in total. The second kappa shape index (κ2) is 5.03. The van der Waals surface area contributed by atoms with Crippen molar-refractivity contribution in [2.24, 2.45) is 0 Å². The molecule has 0 aliphatic rings. The molecule has 0 radical (unpaired) electrons. The molecule has 0 atom stereocenters. The van der Waals surface area contributed by atoms with Crippen LogP contribution in [0.5, 0.6) is 0 Å². The molecule has 2 rings (SSSR count). The minimum atomic E-state index is -0.425. The van der Waals surface area contributed by atoms with Gasteiger partial charge in [0.2, 0.25) is 5.95 Å². The van der Waals surface area contributed by atoms with Gasteiger partial charge in [-0.05, 0) is 12.1 Å². The molecule has 0 saturated heterocycles. The van der Waals surface area contributed by atoms with Crippen molar-refractivity contribution >= 4 is 35.1 Å². The van der Waals surface area contributed by atoms with Crippen molar-refractivity contribution in [3.8, 4) is 0 Å². The van der Waals surface area contributed by atoms with Crippen LogP contribution in [0.15, 0.2) is 24.5 Å². The molecule has 0 bridgehead atoms. The SMILES string of the molecule is O=C(NNc1ncccn1)c1cc(Cl)c(Cl)[nH]1. The molecule has 0 aliphatic carbocycles. The van der Waals surface area contributed by atoms with E-state index >= 15 is 0 Å². The van der Waals surface area contributed by atoms with Crippen LogP contribution in [0.2, 0.25) is 10.2 Å². The van der Waals surface area contributed by atoms with Gasteiger partial charge >= 0.3 is 0 Å². The van der Waals surface area contributed by atoms with Gasteiger partial charge < -0.3 is 4.98 Å². The molecular weight excluding hydrogens is 265 g/mol. The monoisotopic (exact) mass is 271 g/mol. The van der Waals surface area contributed by atoms with E-state index in [-0.39, 0.29) is 21.8 Å². The first kappa shape index (κ1) is 11.7. The van der Waals surface area contributed by atoms with E-state index in [2.05, 4.69) is 25.8 Å². The second-order valence-corrected chi connectivity index (χ2v) is 3.78. The third kappa shape index (κ3) is 2.86. The number of anilines is 1. The van der Waals surface area contributed by atoms with Gasteiger partial charge in [-0.15, -0.1) is 0 Å². The maximum atomic E-state index is 11.6. The van der Waals surface area contributed by atoms with Crippen LogP contribution >= 0.6 is 23.2 Å². The van der Waals surface area contributed by atoms with E-state index in [4.69, 9.17) is 23.2 Å². The number of H-pyrrole nitrogens is 1. The molecule has 2 aromatic heterocycles. The fourth-order valence-electron chi connectivity index (χ4n) is 1.07. The van der Waals surface area contributed by atoms with Crippen LogP contribution in [0.4, 0.5) is 5.95 Å². The molecule has 2 heterocycles. The Morgan fingerprint density at radius 1 is 1.29 bits per heavy atom. The lowest BCUT2D eigenvalue weighted by molar-refractivity contribution is 0.0958. The average Bonchev–Trinajstić information content (AvgIpc) is 2.68. The van der Waals surface area contributed by atoms with Crippen LogP contribution in [0, 0.1) is 0 Å². The number of hydrazine groups is 1. The van der Waals surface area contributed by atoms with Crippen LogP contribution in [0.3, 0.4) is 0 Å². The van der Waals surface area contributed by atoms with Crippen molar-refractivity contribution in [1.82, 2.24) is 20.4 Å². The van der Waals surface area contributed by atoms with Crippen LogP contribution in [0.1, 0.15) is 10.5 Å². The lowest BCUT2D eigenvalue weighted by Crippen LogP contribution is -2.30. The molecule has 8 heteroatoms. The second-order valence-electron chi connectivity index (χ2n) is 3.00. The summed E-state index contributed by atoms with van der Waals surface area (Å²) in [6.45, 7) is 0. The normalized spacial score (nSPS) is 10.0. The standard InChI is InChI=1S/C9H7Cl2N5O/c10-5-4-6(14-7(5)11)8(17)15-16-9-12-2-1-3-13-9/h1-4,14H,(H,15,17)(H,12,13,16). The van der Waals surface area contributed by atoms with Crippen molar-refractivity contribution < 1.29 is 4.79 Å². The highest BCUT2D eigenvalue weighted by atomic mass is 35.5. The van der Waals surface area contributed by atoms with E-state index in [0.717, 1.165) is 0 Å². The fourth-order valence-corrected chi connectivity index (χ4v) is 1.38. The summed E-state index contributed by atoms with van der Waals surface area (Å²) in [6.07, 6.45) is 3.09. The first-order valence-electron chi connectivity index (χ1n) is 4.54. The summed E-state index contributed by atoms with van der Waals surface area (Å²) in [6, 6.07) is 3.09. The number of nitrogens with zero attached hydrogens (tertiary/aromatic N) is 2. The number of rotatable bonds is 3. The zero-order chi connectivity index (χ0) is 12.3. The lowest BCUT2D eigenvalue weighted by Gasteiger charge is -2.04. The van der Waals surface area contributed by atoms with Crippen LogP contribution in [-0.4, -0.2) is 20.9 Å². The predicted octanol–water partition coefficient (Wildman–Crippen LogP) is 1.87. The van der Waals surface area contributed by atoms with E-state index < -0.39 is 5.91 Å². The van der Waals surface area contributed by atoms with Gasteiger partial charge in [0.1, 0.15) is 10.8 Å². The summed E-state index contributed by atoms with van der Waals surface area (Å²) in [5, 5.41) is 0.501. The molecule has 2 aromatic rings. The Morgan fingerprint density at radius 2 is 2.00 bits per heavy atom. The Hall–Kier alpha value is -1.79. The smallest absolute Gasteiger partial charge is 0.286 e. The molecule has 3 N–H and O–H groups in total. The third-order valence-electron chi connectivity index (χ3n) is 1.82. The molecule has 0 aliphatic heterocycles. The Balaban J connectivity index is 1.98. The van der Waals surface area contributed by atoms with Gasteiger partial charge in [-0.2, -0.15) is 0 Å². The molecule has 17 heavy (non-hydrogen) atoms. The minimum absolute atomic E-state index is 0.216. The van der Waals surface area contributed by atoms with Gasteiger partial charge in [-0.25, -0.2) is 9.97 Å². The Labute approximate surface area is 106 Å². The molecular formula is C9H7Cl2N5O. The minimum Gasteiger partial charge on any atom is -0.340 e. The maximum Gasteiger partial charge on any atom is 0.286 e. The molecule has 0 aromatic carbocycles. The Bertz CT molecular complexity index is 508. The molecule has 1 amide bonds. The lowest BCUT2D eigenvalue weighted by atomic mass is 10.4. The zero-order valence-electron chi connectivity index (χ0n) is 8.37. The number of hydrogen-bond donors (Lipinski definition) is 3. The van der Waals surface area contributed by atoms with Crippen LogP contribution in [0.25, 0.3) is 0 Å². The molecule has 0 fully saturated rings. The van der Waals surface area contributed by atoms with Crippen molar-refractivity contribution in [3.05, 3.63) is 40.4 Å². The highest BCUT2D eigenvalue weighted by Gasteiger charge is 2.11. The predicted molar refractivity (Wildman–Crippen MR) is 63.9 cm³/mol. The van der Waals surface area contributed by atoms with Gasteiger partial charge in [-0.1, -0.05) is 23.2 Å². The largest absolute Gasteiger partial charge is 0.340 e. The van der Waals surface area contributed by atoms with Crippen molar-refractivity contribution in [2.75, 3.05) is 5.43 Å². The number of amides is 1. The average molecular weight is 272 g/mol. The Kier molecular flexibility index (Phi) is 3.46.